The average molecular weight is 477 g/mol. The third-order valence-electron chi connectivity index (χ3n) is 5.78. The first-order valence-corrected chi connectivity index (χ1v) is 11.3. The van der Waals surface area contributed by atoms with Crippen molar-refractivity contribution in [1.29, 1.82) is 0 Å². The van der Waals surface area contributed by atoms with Crippen LogP contribution in [0.15, 0.2) is 60.3 Å². The molecule has 8 heteroatoms. The lowest BCUT2D eigenvalue weighted by Crippen LogP contribution is -2.38. The summed E-state index contributed by atoms with van der Waals surface area (Å²) in [4.78, 5) is 38.6. The molecule has 1 aromatic heterocycles. The minimum atomic E-state index is -0.632. The van der Waals surface area contributed by atoms with Crippen molar-refractivity contribution in [2.75, 3.05) is 11.9 Å². The fraction of sp³-hybridized carbons (Fsp3) is 0.192. The summed E-state index contributed by atoms with van der Waals surface area (Å²) in [6.07, 6.45) is 2.55. The molecule has 174 valence electrons. The molecule has 7 nitrogen and oxygen atoms in total. The summed E-state index contributed by atoms with van der Waals surface area (Å²) in [6, 6.07) is 16.1. The number of nitrogens with one attached hydrogen (secondary N) is 2. The van der Waals surface area contributed by atoms with Crippen LogP contribution in [0.1, 0.15) is 29.4 Å². The zero-order valence-electron chi connectivity index (χ0n) is 19.2. The standard InChI is InChI=1S/C26H25ClN4O3/c1-4-18-7-5-6-8-23(18)31-16(2)13-19(17(31)3)14-22-25(33)30(26(34)29-22)15-24(32)28-21-11-9-20(27)10-12-21/h5-14H,4,15H2,1-3H3,(H,28,32)(H,29,34)/b22-14-. The van der Waals surface area contributed by atoms with Crippen LogP contribution in [-0.4, -0.2) is 33.9 Å². The fourth-order valence-corrected chi connectivity index (χ4v) is 4.21. The highest BCUT2D eigenvalue weighted by Crippen LogP contribution is 2.26. The van der Waals surface area contributed by atoms with Crippen molar-refractivity contribution < 1.29 is 14.4 Å². The largest absolute Gasteiger partial charge is 0.329 e. The first kappa shape index (κ1) is 23.3. The minimum Gasteiger partial charge on any atom is -0.325 e. The highest BCUT2D eigenvalue weighted by atomic mass is 35.5. The van der Waals surface area contributed by atoms with Crippen LogP contribution in [-0.2, 0) is 16.0 Å². The zero-order valence-corrected chi connectivity index (χ0v) is 19.9. The van der Waals surface area contributed by atoms with Crippen LogP contribution in [0.5, 0.6) is 0 Å². The number of nitrogens with zero attached hydrogens (tertiary/aromatic N) is 2. The maximum Gasteiger partial charge on any atom is 0.329 e. The Kier molecular flexibility index (Phi) is 6.56. The van der Waals surface area contributed by atoms with Crippen LogP contribution in [0.3, 0.4) is 0 Å². The van der Waals surface area contributed by atoms with Gasteiger partial charge in [0.1, 0.15) is 12.2 Å². The van der Waals surface area contributed by atoms with Gasteiger partial charge in [0.25, 0.3) is 5.91 Å². The number of benzene rings is 2. The van der Waals surface area contributed by atoms with E-state index in [4.69, 9.17) is 11.6 Å². The number of hydrogen-bond donors (Lipinski definition) is 2. The molecule has 0 bridgehead atoms. The number of urea groups is 1. The molecule has 0 saturated carbocycles. The number of para-hydroxylation sites is 1. The lowest BCUT2D eigenvalue weighted by atomic mass is 10.1. The molecular formula is C26H25ClN4O3. The molecule has 4 amide bonds. The van der Waals surface area contributed by atoms with Gasteiger partial charge >= 0.3 is 6.03 Å². The van der Waals surface area contributed by atoms with Crippen molar-refractivity contribution in [1.82, 2.24) is 14.8 Å². The first-order valence-electron chi connectivity index (χ1n) is 11.0. The fourth-order valence-electron chi connectivity index (χ4n) is 4.08. The molecule has 0 spiro atoms. The molecule has 2 N–H and O–H groups in total. The number of aromatic nitrogens is 1. The molecule has 3 aromatic rings. The van der Waals surface area contributed by atoms with E-state index in [1.807, 2.05) is 32.0 Å². The number of aryl methyl sites for hydroxylation is 2. The van der Waals surface area contributed by atoms with Crippen LogP contribution in [0, 0.1) is 13.8 Å². The van der Waals surface area contributed by atoms with Gasteiger partial charge in [0, 0.05) is 27.8 Å². The van der Waals surface area contributed by atoms with E-state index >= 15 is 0 Å². The number of amides is 4. The summed E-state index contributed by atoms with van der Waals surface area (Å²) < 4.78 is 2.14. The predicted octanol–water partition coefficient (Wildman–Crippen LogP) is 4.84. The zero-order chi connectivity index (χ0) is 24.4. The van der Waals surface area contributed by atoms with E-state index in [9.17, 15) is 14.4 Å². The Morgan fingerprint density at radius 3 is 2.50 bits per heavy atom. The van der Waals surface area contributed by atoms with E-state index in [2.05, 4.69) is 34.3 Å². The number of carbonyl (C=O) groups is 3. The molecule has 0 unspecified atom stereocenters. The van der Waals surface area contributed by atoms with Gasteiger partial charge in [0.05, 0.1) is 0 Å². The number of rotatable bonds is 6. The third-order valence-corrected chi connectivity index (χ3v) is 6.03. The summed E-state index contributed by atoms with van der Waals surface area (Å²) in [5, 5.41) is 5.79. The Labute approximate surface area is 203 Å². The second-order valence-corrected chi connectivity index (χ2v) is 8.52. The Balaban J connectivity index is 1.54. The first-order chi connectivity index (χ1) is 16.3. The molecule has 2 aromatic carbocycles. The quantitative estimate of drug-likeness (QED) is 0.394. The molecule has 34 heavy (non-hydrogen) atoms. The van der Waals surface area contributed by atoms with Crippen molar-refractivity contribution in [3.63, 3.8) is 0 Å². The van der Waals surface area contributed by atoms with Crippen molar-refractivity contribution in [3.05, 3.63) is 87.8 Å². The van der Waals surface area contributed by atoms with Gasteiger partial charge in [0.2, 0.25) is 5.91 Å². The topological polar surface area (TPSA) is 83.4 Å². The predicted molar refractivity (Wildman–Crippen MR) is 133 cm³/mol. The molecule has 1 aliphatic heterocycles. The summed E-state index contributed by atoms with van der Waals surface area (Å²) in [5.41, 5.74) is 5.75. The van der Waals surface area contributed by atoms with Crippen LogP contribution in [0.25, 0.3) is 11.8 Å². The molecular weight excluding hydrogens is 452 g/mol. The van der Waals surface area contributed by atoms with Crippen LogP contribution in [0.2, 0.25) is 5.02 Å². The molecule has 0 atom stereocenters. The molecule has 1 fully saturated rings. The second-order valence-electron chi connectivity index (χ2n) is 8.08. The van der Waals surface area contributed by atoms with Crippen molar-refractivity contribution in [3.8, 4) is 5.69 Å². The summed E-state index contributed by atoms with van der Waals surface area (Å²) >= 11 is 5.85. The molecule has 0 aliphatic carbocycles. The van der Waals surface area contributed by atoms with Gasteiger partial charge in [-0.3, -0.25) is 9.59 Å². The maximum absolute atomic E-state index is 12.9. The Bertz CT molecular complexity index is 1310. The van der Waals surface area contributed by atoms with Gasteiger partial charge in [-0.25, -0.2) is 9.69 Å². The molecule has 1 aliphatic rings. The van der Waals surface area contributed by atoms with E-state index in [1.54, 1.807) is 30.3 Å². The number of imide groups is 1. The van der Waals surface area contributed by atoms with Crippen molar-refractivity contribution in [2.24, 2.45) is 0 Å². The lowest BCUT2D eigenvalue weighted by molar-refractivity contribution is -0.127. The number of anilines is 1. The highest BCUT2D eigenvalue weighted by Gasteiger charge is 2.35. The number of hydrogen-bond acceptors (Lipinski definition) is 3. The van der Waals surface area contributed by atoms with Gasteiger partial charge < -0.3 is 15.2 Å². The van der Waals surface area contributed by atoms with Crippen LogP contribution >= 0.6 is 11.6 Å². The molecule has 2 heterocycles. The monoisotopic (exact) mass is 476 g/mol. The molecule has 0 radical (unpaired) electrons. The highest BCUT2D eigenvalue weighted by molar-refractivity contribution is 6.30. The van der Waals surface area contributed by atoms with Gasteiger partial charge in [-0.05, 0) is 73.9 Å². The van der Waals surface area contributed by atoms with Crippen LogP contribution in [0.4, 0.5) is 10.5 Å². The summed E-state index contributed by atoms with van der Waals surface area (Å²) in [6.45, 7) is 5.70. The Morgan fingerprint density at radius 1 is 1.09 bits per heavy atom. The van der Waals surface area contributed by atoms with E-state index in [-0.39, 0.29) is 5.70 Å². The average Bonchev–Trinajstić information content (AvgIpc) is 3.24. The summed E-state index contributed by atoms with van der Waals surface area (Å²) in [5.74, 6) is -1.03. The van der Waals surface area contributed by atoms with Gasteiger partial charge in [-0.1, -0.05) is 36.7 Å². The minimum absolute atomic E-state index is 0.133. The summed E-state index contributed by atoms with van der Waals surface area (Å²) in [7, 11) is 0. The maximum atomic E-state index is 12.9. The second kappa shape index (κ2) is 9.57. The van der Waals surface area contributed by atoms with Gasteiger partial charge in [0.15, 0.2) is 0 Å². The van der Waals surface area contributed by atoms with Gasteiger partial charge in [-0.2, -0.15) is 0 Å². The molecule has 1 saturated heterocycles. The van der Waals surface area contributed by atoms with Crippen LogP contribution < -0.4 is 10.6 Å². The molecule has 4 rings (SSSR count). The van der Waals surface area contributed by atoms with E-state index in [0.29, 0.717) is 10.7 Å². The van der Waals surface area contributed by atoms with E-state index < -0.39 is 24.4 Å². The van der Waals surface area contributed by atoms with Gasteiger partial charge in [-0.15, -0.1) is 0 Å². The Hall–Kier alpha value is -3.84. The lowest BCUT2D eigenvalue weighted by Gasteiger charge is -2.14. The number of halogens is 1. The smallest absolute Gasteiger partial charge is 0.325 e. The third kappa shape index (κ3) is 4.61. The Morgan fingerprint density at radius 2 is 1.79 bits per heavy atom. The number of carbonyl (C=O) groups excluding carboxylic acids is 3. The van der Waals surface area contributed by atoms with Crippen molar-refractivity contribution in [2.45, 2.75) is 27.2 Å². The normalized spacial score (nSPS) is 14.6. The van der Waals surface area contributed by atoms with E-state index in [1.165, 1.54) is 5.56 Å². The van der Waals surface area contributed by atoms with Crippen molar-refractivity contribution >= 4 is 41.2 Å². The SMILES string of the molecule is CCc1ccccc1-n1c(C)cc(/C=C2\NC(=O)N(CC(=O)Nc3ccc(Cl)cc3)C2=O)c1C. The van der Waals surface area contributed by atoms with E-state index in [0.717, 1.165) is 34.0 Å².